The molecule has 1 aromatic heterocycles. The number of fused-ring (bicyclic) bond motifs is 1. The average Bonchev–Trinajstić information content (AvgIpc) is 2.81. The number of carbonyl (C=O) groups is 1. The van der Waals surface area contributed by atoms with Crippen LogP contribution in [0.4, 0.5) is 5.82 Å². The van der Waals surface area contributed by atoms with Gasteiger partial charge in [0.15, 0.2) is 0 Å². The van der Waals surface area contributed by atoms with Gasteiger partial charge < -0.3 is 15.6 Å². The second-order valence-electron chi connectivity index (χ2n) is 4.52. The molecule has 6 nitrogen and oxygen atoms in total. The van der Waals surface area contributed by atoms with Crippen molar-refractivity contribution in [1.82, 2.24) is 20.6 Å². The van der Waals surface area contributed by atoms with Gasteiger partial charge in [-0.1, -0.05) is 0 Å². The first-order chi connectivity index (χ1) is 8.27. The second kappa shape index (κ2) is 4.05. The smallest absolute Gasteiger partial charge is 0.256 e. The molecular weight excluding hydrogens is 218 g/mol. The molecule has 3 rings (SSSR count). The number of aromatic nitrogens is 1. The summed E-state index contributed by atoms with van der Waals surface area (Å²) in [7, 11) is 0. The Hall–Kier alpha value is -1.53. The third-order valence-electron chi connectivity index (χ3n) is 3.39. The largest absolute Gasteiger partial charge is 0.347 e. The summed E-state index contributed by atoms with van der Waals surface area (Å²) in [5.74, 6) is 0.905. The van der Waals surface area contributed by atoms with Gasteiger partial charge in [-0.25, -0.2) is 5.01 Å². The molecule has 0 aliphatic carbocycles. The normalized spacial score (nSPS) is 25.6. The van der Waals surface area contributed by atoms with Crippen LogP contribution in [0.15, 0.2) is 12.3 Å². The highest BCUT2D eigenvalue weighted by Crippen LogP contribution is 2.24. The van der Waals surface area contributed by atoms with Gasteiger partial charge in [0.25, 0.3) is 5.91 Å². The fraction of sp³-hybridized carbons (Fsp3) is 0.545. The SMILES string of the molecule is CC1CNCCN1N1CNC(=O)c2cc[nH]c21. The van der Waals surface area contributed by atoms with Gasteiger partial charge in [0.1, 0.15) is 12.5 Å². The van der Waals surface area contributed by atoms with E-state index in [1.807, 2.05) is 12.3 Å². The summed E-state index contributed by atoms with van der Waals surface area (Å²) in [6.07, 6.45) is 1.81. The minimum Gasteiger partial charge on any atom is -0.347 e. The average molecular weight is 235 g/mol. The van der Waals surface area contributed by atoms with Gasteiger partial charge in [-0.15, -0.1) is 0 Å². The first kappa shape index (κ1) is 10.6. The Morgan fingerprint density at radius 3 is 3.18 bits per heavy atom. The number of piperazine rings is 1. The molecule has 92 valence electrons. The maximum atomic E-state index is 11.7. The number of hydrazine groups is 1. The van der Waals surface area contributed by atoms with Crippen LogP contribution in [-0.4, -0.2) is 48.2 Å². The Morgan fingerprint density at radius 2 is 2.35 bits per heavy atom. The van der Waals surface area contributed by atoms with Crippen molar-refractivity contribution in [3.63, 3.8) is 0 Å². The highest BCUT2D eigenvalue weighted by Gasteiger charge is 2.31. The zero-order valence-corrected chi connectivity index (χ0v) is 9.86. The molecule has 0 aromatic carbocycles. The summed E-state index contributed by atoms with van der Waals surface area (Å²) < 4.78 is 0. The van der Waals surface area contributed by atoms with Crippen molar-refractivity contribution in [2.75, 3.05) is 31.3 Å². The van der Waals surface area contributed by atoms with Gasteiger partial charge in [-0.3, -0.25) is 9.80 Å². The number of nitrogens with zero attached hydrogens (tertiary/aromatic N) is 2. The molecule has 17 heavy (non-hydrogen) atoms. The van der Waals surface area contributed by atoms with E-state index in [4.69, 9.17) is 0 Å². The van der Waals surface area contributed by atoms with Crippen molar-refractivity contribution < 1.29 is 4.79 Å². The first-order valence-electron chi connectivity index (χ1n) is 5.98. The van der Waals surface area contributed by atoms with E-state index < -0.39 is 0 Å². The Labute approximate surface area is 99.9 Å². The lowest BCUT2D eigenvalue weighted by Gasteiger charge is -2.44. The molecule has 1 unspecified atom stereocenters. The summed E-state index contributed by atoms with van der Waals surface area (Å²) in [4.78, 5) is 14.8. The van der Waals surface area contributed by atoms with E-state index in [0.29, 0.717) is 12.7 Å². The Kier molecular flexibility index (Phi) is 2.53. The van der Waals surface area contributed by atoms with E-state index in [9.17, 15) is 4.79 Å². The van der Waals surface area contributed by atoms with Gasteiger partial charge in [0.2, 0.25) is 0 Å². The van der Waals surface area contributed by atoms with Crippen molar-refractivity contribution in [3.05, 3.63) is 17.8 Å². The molecule has 3 heterocycles. The van der Waals surface area contributed by atoms with Crippen LogP contribution in [0.25, 0.3) is 0 Å². The topological polar surface area (TPSA) is 63.4 Å². The minimum atomic E-state index is 0.000266. The Balaban J connectivity index is 1.90. The van der Waals surface area contributed by atoms with E-state index >= 15 is 0 Å². The molecule has 1 aromatic rings. The number of carbonyl (C=O) groups excluding carboxylic acids is 1. The number of anilines is 1. The van der Waals surface area contributed by atoms with Crippen molar-refractivity contribution in [3.8, 4) is 0 Å². The number of nitrogens with one attached hydrogen (secondary N) is 3. The van der Waals surface area contributed by atoms with E-state index in [1.54, 1.807) is 0 Å². The predicted octanol–water partition coefficient (Wildman–Crippen LogP) is -0.269. The molecule has 0 bridgehead atoms. The van der Waals surface area contributed by atoms with Gasteiger partial charge in [0, 0.05) is 31.9 Å². The summed E-state index contributed by atoms with van der Waals surface area (Å²) in [6.45, 7) is 5.63. The molecule has 3 N–H and O–H groups in total. The van der Waals surface area contributed by atoms with E-state index in [1.165, 1.54) is 0 Å². The minimum absolute atomic E-state index is 0.000266. The number of hydrogen-bond acceptors (Lipinski definition) is 4. The van der Waals surface area contributed by atoms with Gasteiger partial charge >= 0.3 is 0 Å². The number of hydrogen-bond donors (Lipinski definition) is 3. The molecule has 1 fully saturated rings. The van der Waals surface area contributed by atoms with Crippen molar-refractivity contribution in [2.24, 2.45) is 0 Å². The maximum Gasteiger partial charge on any atom is 0.256 e. The molecule has 2 aliphatic rings. The number of aromatic amines is 1. The van der Waals surface area contributed by atoms with E-state index in [-0.39, 0.29) is 5.91 Å². The zero-order valence-electron chi connectivity index (χ0n) is 9.86. The summed E-state index contributed by atoms with van der Waals surface area (Å²) in [5.41, 5.74) is 0.724. The van der Waals surface area contributed by atoms with Crippen LogP contribution in [0.2, 0.25) is 0 Å². The fourth-order valence-electron chi connectivity index (χ4n) is 2.49. The van der Waals surface area contributed by atoms with Crippen LogP contribution >= 0.6 is 0 Å². The van der Waals surface area contributed by atoms with E-state index in [2.05, 4.69) is 32.6 Å². The lowest BCUT2D eigenvalue weighted by molar-refractivity contribution is 0.0907. The fourth-order valence-corrected chi connectivity index (χ4v) is 2.49. The monoisotopic (exact) mass is 235 g/mol. The number of H-pyrrole nitrogens is 1. The Morgan fingerprint density at radius 1 is 1.47 bits per heavy atom. The quantitative estimate of drug-likeness (QED) is 0.627. The van der Waals surface area contributed by atoms with Crippen molar-refractivity contribution in [2.45, 2.75) is 13.0 Å². The summed E-state index contributed by atoms with van der Waals surface area (Å²) in [5, 5.41) is 10.7. The molecule has 1 saturated heterocycles. The zero-order chi connectivity index (χ0) is 11.8. The number of rotatable bonds is 1. The van der Waals surface area contributed by atoms with E-state index in [0.717, 1.165) is 31.0 Å². The molecule has 6 heteroatoms. The standard InChI is InChI=1S/C11H17N5O/c1-8-6-12-4-5-15(8)16-7-14-11(17)9-2-3-13-10(9)16/h2-3,8,12-13H,4-7H2,1H3,(H,14,17). The number of amides is 1. The van der Waals surface area contributed by atoms with Crippen LogP contribution in [0, 0.1) is 0 Å². The van der Waals surface area contributed by atoms with Gasteiger partial charge in [-0.05, 0) is 13.0 Å². The van der Waals surface area contributed by atoms with Crippen molar-refractivity contribution in [1.29, 1.82) is 0 Å². The van der Waals surface area contributed by atoms with Crippen LogP contribution in [0.1, 0.15) is 17.3 Å². The van der Waals surface area contributed by atoms with Crippen molar-refractivity contribution >= 4 is 11.7 Å². The lowest BCUT2D eigenvalue weighted by Crippen LogP contribution is -2.61. The van der Waals surface area contributed by atoms with Crippen LogP contribution in [0.3, 0.4) is 0 Å². The molecule has 1 atom stereocenters. The van der Waals surface area contributed by atoms with Gasteiger partial charge in [0.05, 0.1) is 5.56 Å². The second-order valence-corrected chi connectivity index (χ2v) is 4.52. The predicted molar refractivity (Wildman–Crippen MR) is 64.6 cm³/mol. The molecule has 1 amide bonds. The van der Waals surface area contributed by atoms with Crippen LogP contribution < -0.4 is 15.6 Å². The molecule has 0 saturated carbocycles. The summed E-state index contributed by atoms with van der Waals surface area (Å²) in [6, 6.07) is 2.25. The lowest BCUT2D eigenvalue weighted by atomic mass is 10.2. The molecular formula is C11H17N5O. The first-order valence-corrected chi connectivity index (χ1v) is 5.98. The Bertz CT molecular complexity index is 429. The van der Waals surface area contributed by atoms with Gasteiger partial charge in [-0.2, -0.15) is 0 Å². The molecule has 0 spiro atoms. The maximum absolute atomic E-state index is 11.7. The summed E-state index contributed by atoms with van der Waals surface area (Å²) >= 11 is 0. The highest BCUT2D eigenvalue weighted by atomic mass is 16.2. The highest BCUT2D eigenvalue weighted by molar-refractivity contribution is 6.00. The van der Waals surface area contributed by atoms with Crippen LogP contribution in [-0.2, 0) is 0 Å². The third kappa shape index (κ3) is 1.69. The molecule has 0 radical (unpaired) electrons. The third-order valence-corrected chi connectivity index (χ3v) is 3.39. The molecule has 2 aliphatic heterocycles. The van der Waals surface area contributed by atoms with Crippen LogP contribution in [0.5, 0.6) is 0 Å².